The number of hydrogen-bond donors (Lipinski definition) is 2. The number of nitrogens with one attached hydrogen (secondary N) is 2. The molecule has 0 atom stereocenters. The standard InChI is InChI=1S/C18H27N5S/c1-5-15-10-11-16(24-15)13-21-18(19-6-2)20-12-14-8-7-9-17(22-14)23(3)4/h7-11H,5-6,12-13H2,1-4H3,(H2,19,20,21). The predicted octanol–water partition coefficient (Wildman–Crippen LogP) is 3.03. The van der Waals surface area contributed by atoms with Gasteiger partial charge in [0.2, 0.25) is 0 Å². The Morgan fingerprint density at radius 1 is 1.12 bits per heavy atom. The van der Waals surface area contributed by atoms with E-state index >= 15 is 0 Å². The fourth-order valence-corrected chi connectivity index (χ4v) is 3.08. The maximum absolute atomic E-state index is 4.64. The van der Waals surface area contributed by atoms with Crippen LogP contribution in [0.15, 0.2) is 35.3 Å². The van der Waals surface area contributed by atoms with Gasteiger partial charge in [-0.2, -0.15) is 0 Å². The molecule has 0 fully saturated rings. The second-order valence-corrected chi connectivity index (χ2v) is 6.90. The van der Waals surface area contributed by atoms with Crippen molar-refractivity contribution in [2.75, 3.05) is 25.5 Å². The molecule has 2 aromatic rings. The molecule has 0 aliphatic carbocycles. The van der Waals surface area contributed by atoms with Crippen molar-refractivity contribution in [3.63, 3.8) is 0 Å². The first-order valence-electron chi connectivity index (χ1n) is 8.35. The number of thiophene rings is 1. The van der Waals surface area contributed by atoms with Crippen molar-refractivity contribution in [1.29, 1.82) is 0 Å². The summed E-state index contributed by atoms with van der Waals surface area (Å²) >= 11 is 1.85. The minimum Gasteiger partial charge on any atom is -0.363 e. The number of hydrogen-bond acceptors (Lipinski definition) is 4. The van der Waals surface area contributed by atoms with E-state index in [0.29, 0.717) is 6.54 Å². The third-order valence-corrected chi connectivity index (χ3v) is 4.72. The van der Waals surface area contributed by atoms with Crippen LogP contribution in [0.3, 0.4) is 0 Å². The average Bonchev–Trinajstić information content (AvgIpc) is 3.05. The van der Waals surface area contributed by atoms with Gasteiger partial charge in [0.1, 0.15) is 5.82 Å². The van der Waals surface area contributed by atoms with Crippen molar-refractivity contribution >= 4 is 23.1 Å². The van der Waals surface area contributed by atoms with Crippen LogP contribution in [0, 0.1) is 0 Å². The second kappa shape index (κ2) is 9.27. The van der Waals surface area contributed by atoms with Gasteiger partial charge in [-0.1, -0.05) is 13.0 Å². The van der Waals surface area contributed by atoms with Gasteiger partial charge in [-0.15, -0.1) is 11.3 Å². The minimum atomic E-state index is 0.557. The van der Waals surface area contributed by atoms with E-state index in [1.54, 1.807) is 0 Å². The van der Waals surface area contributed by atoms with Crippen LogP contribution in [-0.4, -0.2) is 31.6 Å². The van der Waals surface area contributed by atoms with Crippen molar-refractivity contribution in [2.24, 2.45) is 4.99 Å². The van der Waals surface area contributed by atoms with E-state index in [4.69, 9.17) is 0 Å². The van der Waals surface area contributed by atoms with Crippen LogP contribution in [0.25, 0.3) is 0 Å². The molecule has 0 unspecified atom stereocenters. The zero-order valence-corrected chi connectivity index (χ0v) is 15.8. The quantitative estimate of drug-likeness (QED) is 0.598. The number of aryl methyl sites for hydroxylation is 1. The number of aliphatic imine (C=N–C) groups is 1. The predicted molar refractivity (Wildman–Crippen MR) is 104 cm³/mol. The Morgan fingerprint density at radius 3 is 2.58 bits per heavy atom. The number of pyridine rings is 1. The lowest BCUT2D eigenvalue weighted by atomic mass is 10.3. The van der Waals surface area contributed by atoms with E-state index in [2.05, 4.69) is 46.6 Å². The lowest BCUT2D eigenvalue weighted by molar-refractivity contribution is 0.818. The molecule has 0 aliphatic rings. The lowest BCUT2D eigenvalue weighted by Crippen LogP contribution is -2.36. The first-order chi connectivity index (χ1) is 11.6. The van der Waals surface area contributed by atoms with Gasteiger partial charge in [-0.25, -0.2) is 9.98 Å². The Balaban J connectivity index is 1.98. The van der Waals surface area contributed by atoms with Crippen molar-refractivity contribution < 1.29 is 0 Å². The molecule has 2 heterocycles. The topological polar surface area (TPSA) is 52.6 Å². The molecule has 0 radical (unpaired) electrons. The summed E-state index contributed by atoms with van der Waals surface area (Å²) in [7, 11) is 3.99. The maximum atomic E-state index is 4.64. The maximum Gasteiger partial charge on any atom is 0.191 e. The normalized spacial score (nSPS) is 11.4. The number of guanidine groups is 1. The lowest BCUT2D eigenvalue weighted by Gasteiger charge is -2.12. The third kappa shape index (κ3) is 5.53. The highest BCUT2D eigenvalue weighted by Gasteiger charge is 2.03. The van der Waals surface area contributed by atoms with Gasteiger partial charge in [0.05, 0.1) is 18.8 Å². The fraction of sp³-hybridized carbons (Fsp3) is 0.444. The summed E-state index contributed by atoms with van der Waals surface area (Å²) in [6.07, 6.45) is 1.09. The van der Waals surface area contributed by atoms with E-state index in [1.807, 2.05) is 48.5 Å². The summed E-state index contributed by atoms with van der Waals surface area (Å²) in [5.41, 5.74) is 0.961. The van der Waals surface area contributed by atoms with Crippen LogP contribution in [0.5, 0.6) is 0 Å². The molecule has 2 rings (SSSR count). The molecular formula is C18H27N5S. The smallest absolute Gasteiger partial charge is 0.191 e. The van der Waals surface area contributed by atoms with Crippen LogP contribution in [0.1, 0.15) is 29.3 Å². The van der Waals surface area contributed by atoms with Crippen LogP contribution < -0.4 is 15.5 Å². The van der Waals surface area contributed by atoms with Crippen LogP contribution in [0.4, 0.5) is 5.82 Å². The zero-order chi connectivity index (χ0) is 17.4. The summed E-state index contributed by atoms with van der Waals surface area (Å²) in [5.74, 6) is 1.77. The fourth-order valence-electron chi connectivity index (χ4n) is 2.18. The number of anilines is 1. The molecule has 0 aliphatic heterocycles. The molecule has 2 aromatic heterocycles. The van der Waals surface area contributed by atoms with Crippen LogP contribution in [-0.2, 0) is 19.5 Å². The largest absolute Gasteiger partial charge is 0.363 e. The van der Waals surface area contributed by atoms with Crippen molar-refractivity contribution in [2.45, 2.75) is 33.4 Å². The molecule has 0 saturated heterocycles. The molecule has 0 aromatic carbocycles. The Morgan fingerprint density at radius 2 is 1.92 bits per heavy atom. The summed E-state index contributed by atoms with van der Waals surface area (Å²) in [5, 5.41) is 6.68. The first kappa shape index (κ1) is 18.3. The highest BCUT2D eigenvalue weighted by molar-refractivity contribution is 7.11. The van der Waals surface area contributed by atoms with Gasteiger partial charge in [0, 0.05) is 30.4 Å². The van der Waals surface area contributed by atoms with Crippen molar-refractivity contribution in [3.05, 3.63) is 45.8 Å². The van der Waals surface area contributed by atoms with E-state index in [0.717, 1.165) is 37.0 Å². The molecule has 2 N–H and O–H groups in total. The SMILES string of the molecule is CCNC(=NCc1cccc(N(C)C)n1)NCc1ccc(CC)s1. The van der Waals surface area contributed by atoms with E-state index in [9.17, 15) is 0 Å². The summed E-state index contributed by atoms with van der Waals surface area (Å²) in [6.45, 7) is 6.44. The first-order valence-corrected chi connectivity index (χ1v) is 9.17. The Kier molecular flexibility index (Phi) is 7.06. The summed E-state index contributed by atoms with van der Waals surface area (Å²) in [4.78, 5) is 14.0. The summed E-state index contributed by atoms with van der Waals surface area (Å²) < 4.78 is 0. The molecule has 0 spiro atoms. The van der Waals surface area contributed by atoms with Gasteiger partial charge >= 0.3 is 0 Å². The van der Waals surface area contributed by atoms with Gasteiger partial charge in [0.25, 0.3) is 0 Å². The highest BCUT2D eigenvalue weighted by atomic mass is 32.1. The van der Waals surface area contributed by atoms with E-state index < -0.39 is 0 Å². The van der Waals surface area contributed by atoms with Crippen LogP contribution >= 0.6 is 11.3 Å². The molecule has 0 saturated carbocycles. The second-order valence-electron chi connectivity index (χ2n) is 5.65. The van der Waals surface area contributed by atoms with Gasteiger partial charge < -0.3 is 15.5 Å². The van der Waals surface area contributed by atoms with E-state index in [1.165, 1.54) is 9.75 Å². The van der Waals surface area contributed by atoms with E-state index in [-0.39, 0.29) is 0 Å². The molecule has 5 nitrogen and oxygen atoms in total. The molecule has 130 valence electrons. The summed E-state index contributed by atoms with van der Waals surface area (Å²) in [6, 6.07) is 10.4. The average molecular weight is 346 g/mol. The van der Waals surface area contributed by atoms with Crippen molar-refractivity contribution in [1.82, 2.24) is 15.6 Å². The number of nitrogens with zero attached hydrogens (tertiary/aromatic N) is 3. The Bertz CT molecular complexity index is 663. The van der Waals surface area contributed by atoms with Gasteiger partial charge in [-0.05, 0) is 37.6 Å². The zero-order valence-electron chi connectivity index (χ0n) is 15.0. The van der Waals surface area contributed by atoms with Crippen molar-refractivity contribution in [3.8, 4) is 0 Å². The minimum absolute atomic E-state index is 0.557. The molecule has 0 bridgehead atoms. The molecule has 0 amide bonds. The highest BCUT2D eigenvalue weighted by Crippen LogP contribution is 2.16. The third-order valence-electron chi connectivity index (χ3n) is 3.49. The number of rotatable bonds is 7. The Hall–Kier alpha value is -2.08. The van der Waals surface area contributed by atoms with Gasteiger partial charge in [0.15, 0.2) is 5.96 Å². The molecule has 24 heavy (non-hydrogen) atoms. The van der Waals surface area contributed by atoms with Crippen LogP contribution in [0.2, 0.25) is 0 Å². The monoisotopic (exact) mass is 345 g/mol. The number of aromatic nitrogens is 1. The molecular weight excluding hydrogens is 318 g/mol. The van der Waals surface area contributed by atoms with Gasteiger partial charge in [-0.3, -0.25) is 0 Å². The Labute approximate surface area is 148 Å². The molecule has 6 heteroatoms.